The molecule has 0 spiro atoms. The molecule has 0 saturated carbocycles. The molecule has 0 aliphatic carbocycles. The van der Waals surface area contributed by atoms with Gasteiger partial charge in [0, 0.05) is 0 Å². The lowest BCUT2D eigenvalue weighted by Crippen LogP contribution is -2.02. The molecule has 0 aliphatic heterocycles. The highest BCUT2D eigenvalue weighted by Crippen LogP contribution is 1.85. The van der Waals surface area contributed by atoms with Gasteiger partial charge in [-0.3, -0.25) is 8.37 Å². The maximum Gasteiger partial charge on any atom is 0.399 e. The molecule has 0 N–H and O–H groups in total. The van der Waals surface area contributed by atoms with Crippen molar-refractivity contribution < 1.29 is 16.8 Å². The zero-order valence-electron chi connectivity index (χ0n) is 4.04. The lowest BCUT2D eigenvalue weighted by atomic mass is 12.7. The molecule has 0 unspecified atom stereocenters. The summed E-state index contributed by atoms with van der Waals surface area (Å²) in [5, 5.41) is 0. The van der Waals surface area contributed by atoms with E-state index in [-0.39, 0.29) is 0 Å². The van der Waals surface area contributed by atoms with Gasteiger partial charge in [0.1, 0.15) is 0 Å². The van der Waals surface area contributed by atoms with Crippen LogP contribution in [-0.2, 0) is 18.8 Å². The summed E-state index contributed by atoms with van der Waals surface area (Å²) in [7, 11) is -1.60. The molecule has 0 aliphatic rings. The fraction of sp³-hybridized carbons (Fsp3) is 1.00. The third-order valence-corrected chi connectivity index (χ3v) is 1.22. The third kappa shape index (κ3) is 2.55. The molecule has 0 aromatic rings. The lowest BCUT2D eigenvalue weighted by Gasteiger charge is -1.91. The van der Waals surface area contributed by atoms with E-state index in [1.807, 2.05) is 0 Å². The zero-order chi connectivity index (χ0) is 5.91. The standard InChI is InChI=1S/C2H6O4S/c1-5-7(3,4)6-2/h1-2H3/i1+1,2+1. The quantitative estimate of drug-likeness (QED) is 0.471. The average Bonchev–Trinajstić information content (AvgIpc) is 1.68. The summed E-state index contributed by atoms with van der Waals surface area (Å²) < 4.78 is 27.5. The van der Waals surface area contributed by atoms with Crippen LogP contribution in [0.1, 0.15) is 0 Å². The van der Waals surface area contributed by atoms with E-state index in [4.69, 9.17) is 0 Å². The van der Waals surface area contributed by atoms with Crippen molar-refractivity contribution in [1.82, 2.24) is 0 Å². The largest absolute Gasteiger partial charge is 0.399 e. The first-order chi connectivity index (χ1) is 3.12. The molecular formula is C2H6O4S. The summed E-state index contributed by atoms with van der Waals surface area (Å²) in [6, 6.07) is 0. The fourth-order valence-electron chi connectivity index (χ4n) is 0.0680. The van der Waals surface area contributed by atoms with Crippen LogP contribution in [0.15, 0.2) is 0 Å². The SMILES string of the molecule is [13CH3]OS(=O)(=O)O[13CH3]. The highest BCUT2D eigenvalue weighted by atomic mass is 32.3. The van der Waals surface area contributed by atoms with Crippen LogP contribution in [-0.4, -0.2) is 22.6 Å². The minimum atomic E-state index is -3.66. The van der Waals surface area contributed by atoms with Gasteiger partial charge in [0.25, 0.3) is 0 Å². The Hall–Kier alpha value is -0.130. The Kier molecular flexibility index (Phi) is 2.21. The first kappa shape index (κ1) is 6.87. The second-order valence-corrected chi connectivity index (χ2v) is 2.22. The minimum Gasteiger partial charge on any atom is -0.252 e. The van der Waals surface area contributed by atoms with Gasteiger partial charge >= 0.3 is 10.4 Å². The monoisotopic (exact) mass is 128 g/mol. The Balaban J connectivity index is 3.89. The maximum atomic E-state index is 9.92. The van der Waals surface area contributed by atoms with E-state index >= 15 is 0 Å². The van der Waals surface area contributed by atoms with Gasteiger partial charge in [0.05, 0.1) is 14.2 Å². The first-order valence-electron chi connectivity index (χ1n) is 1.48. The molecule has 0 amide bonds. The van der Waals surface area contributed by atoms with Gasteiger partial charge in [-0.2, -0.15) is 8.42 Å². The molecule has 0 saturated heterocycles. The van der Waals surface area contributed by atoms with E-state index in [1.165, 1.54) is 0 Å². The summed E-state index contributed by atoms with van der Waals surface area (Å²) in [5.41, 5.74) is 0. The van der Waals surface area contributed by atoms with Gasteiger partial charge in [-0.05, 0) is 0 Å². The fourth-order valence-corrected chi connectivity index (χ4v) is 0.204. The van der Waals surface area contributed by atoms with Gasteiger partial charge in [0.2, 0.25) is 0 Å². The molecule has 5 heteroatoms. The number of hydrogen-bond acceptors (Lipinski definition) is 4. The Morgan fingerprint density at radius 3 is 1.43 bits per heavy atom. The van der Waals surface area contributed by atoms with Gasteiger partial charge in [0.15, 0.2) is 0 Å². The van der Waals surface area contributed by atoms with Crippen molar-refractivity contribution in [2.45, 2.75) is 0 Å². The van der Waals surface area contributed by atoms with Crippen molar-refractivity contribution in [1.29, 1.82) is 0 Å². The van der Waals surface area contributed by atoms with E-state index < -0.39 is 10.4 Å². The van der Waals surface area contributed by atoms with E-state index in [2.05, 4.69) is 8.37 Å². The Labute approximate surface area is 42.4 Å². The summed E-state index contributed by atoms with van der Waals surface area (Å²) in [5.74, 6) is 0. The van der Waals surface area contributed by atoms with E-state index in [0.29, 0.717) is 0 Å². The van der Waals surface area contributed by atoms with Crippen molar-refractivity contribution in [2.24, 2.45) is 0 Å². The van der Waals surface area contributed by atoms with Crippen LogP contribution in [0.5, 0.6) is 0 Å². The molecule has 0 heterocycles. The van der Waals surface area contributed by atoms with E-state index in [9.17, 15) is 8.42 Å². The molecule has 0 fully saturated rings. The first-order valence-corrected chi connectivity index (χ1v) is 2.82. The van der Waals surface area contributed by atoms with Gasteiger partial charge in [-0.15, -0.1) is 0 Å². The predicted octanol–water partition coefficient (Wildman–Crippen LogP) is -0.476. The van der Waals surface area contributed by atoms with Crippen LogP contribution in [0, 0.1) is 0 Å². The summed E-state index contributed by atoms with van der Waals surface area (Å²) >= 11 is 0. The molecule has 0 aromatic carbocycles. The second-order valence-electron chi connectivity index (χ2n) is 0.742. The highest BCUT2D eigenvalue weighted by Gasteiger charge is 2.01. The van der Waals surface area contributed by atoms with Crippen LogP contribution in [0.2, 0.25) is 0 Å². The number of hydrogen-bond donors (Lipinski definition) is 0. The van der Waals surface area contributed by atoms with Crippen LogP contribution < -0.4 is 0 Å². The summed E-state index contributed by atoms with van der Waals surface area (Å²) in [6.45, 7) is 0. The molecule has 0 aromatic heterocycles. The molecule has 0 radical (unpaired) electrons. The van der Waals surface area contributed by atoms with Crippen molar-refractivity contribution in [3.05, 3.63) is 0 Å². The molecule has 44 valence electrons. The normalized spacial score (nSPS) is 11.7. The predicted molar refractivity (Wildman–Crippen MR) is 22.9 cm³/mol. The van der Waals surface area contributed by atoms with Gasteiger partial charge in [-0.1, -0.05) is 0 Å². The molecular weight excluding hydrogens is 122 g/mol. The minimum absolute atomic E-state index is 1.03. The average molecular weight is 128 g/mol. The molecule has 4 nitrogen and oxygen atoms in total. The van der Waals surface area contributed by atoms with Crippen molar-refractivity contribution in [2.75, 3.05) is 14.2 Å². The number of rotatable bonds is 2. The molecule has 0 atom stereocenters. The Morgan fingerprint density at radius 1 is 1.14 bits per heavy atom. The van der Waals surface area contributed by atoms with Crippen molar-refractivity contribution in [3.8, 4) is 0 Å². The molecule has 0 bridgehead atoms. The van der Waals surface area contributed by atoms with Crippen LogP contribution in [0.3, 0.4) is 0 Å². The van der Waals surface area contributed by atoms with Crippen molar-refractivity contribution >= 4 is 10.4 Å². The summed E-state index contributed by atoms with van der Waals surface area (Å²) in [4.78, 5) is 0. The van der Waals surface area contributed by atoms with E-state index in [0.717, 1.165) is 14.2 Å². The summed E-state index contributed by atoms with van der Waals surface area (Å²) in [6.07, 6.45) is 0. The van der Waals surface area contributed by atoms with Gasteiger partial charge in [-0.25, -0.2) is 0 Å². The highest BCUT2D eigenvalue weighted by molar-refractivity contribution is 7.81. The second kappa shape index (κ2) is 2.25. The van der Waals surface area contributed by atoms with E-state index in [1.54, 1.807) is 0 Å². The third-order valence-electron chi connectivity index (χ3n) is 0.408. The topological polar surface area (TPSA) is 52.6 Å². The Morgan fingerprint density at radius 2 is 1.43 bits per heavy atom. The smallest absolute Gasteiger partial charge is 0.252 e. The van der Waals surface area contributed by atoms with Crippen LogP contribution in [0.4, 0.5) is 0 Å². The Bertz CT molecular complexity index is 113. The molecule has 7 heavy (non-hydrogen) atoms. The van der Waals surface area contributed by atoms with Gasteiger partial charge < -0.3 is 0 Å². The zero-order valence-corrected chi connectivity index (χ0v) is 4.86. The van der Waals surface area contributed by atoms with Crippen molar-refractivity contribution in [3.63, 3.8) is 0 Å². The van der Waals surface area contributed by atoms with Crippen LogP contribution in [0.25, 0.3) is 0 Å². The lowest BCUT2D eigenvalue weighted by molar-refractivity contribution is 0.286. The van der Waals surface area contributed by atoms with Crippen LogP contribution >= 0.6 is 0 Å². The molecule has 0 rings (SSSR count). The maximum absolute atomic E-state index is 9.92.